The number of fused-ring (bicyclic) bond motifs is 1. The fourth-order valence-electron chi connectivity index (χ4n) is 2.92. The Bertz CT molecular complexity index is 1090. The molecule has 0 bridgehead atoms. The molecule has 0 saturated carbocycles. The normalized spacial score (nSPS) is 10.8. The molecule has 6 heteroatoms. The first-order valence-corrected chi connectivity index (χ1v) is 9.31. The highest BCUT2D eigenvalue weighted by Gasteiger charge is 2.10. The smallest absolute Gasteiger partial charge is 0.226 e. The van der Waals surface area contributed by atoms with Gasteiger partial charge in [0.2, 0.25) is 5.91 Å². The minimum Gasteiger partial charge on any atom is -0.457 e. The molecule has 1 heterocycles. The molecule has 5 nitrogen and oxygen atoms in total. The predicted molar refractivity (Wildman–Crippen MR) is 111 cm³/mol. The summed E-state index contributed by atoms with van der Waals surface area (Å²) in [5.41, 5.74) is 1.64. The molecule has 0 spiro atoms. The standard InChI is InChI=1S/C22H18ClN3O2/c23-22-19-8-4-5-9-20(19)26(25-22)15-14-21(27)24-16-10-12-18(13-11-16)28-17-6-2-1-3-7-17/h1-13H,14-15H2,(H,24,27). The number of benzene rings is 3. The van der Waals surface area contributed by atoms with Crippen LogP contribution in [0.5, 0.6) is 11.5 Å². The van der Waals surface area contributed by atoms with Gasteiger partial charge >= 0.3 is 0 Å². The van der Waals surface area contributed by atoms with Gasteiger partial charge in [-0.05, 0) is 48.5 Å². The van der Waals surface area contributed by atoms with Gasteiger partial charge in [-0.3, -0.25) is 9.48 Å². The highest BCUT2D eigenvalue weighted by molar-refractivity contribution is 6.34. The minimum absolute atomic E-state index is 0.0903. The van der Waals surface area contributed by atoms with Crippen LogP contribution in [0.25, 0.3) is 10.9 Å². The molecule has 3 aromatic carbocycles. The van der Waals surface area contributed by atoms with Gasteiger partial charge in [0.05, 0.1) is 12.1 Å². The number of carbonyl (C=O) groups excluding carboxylic acids is 1. The van der Waals surface area contributed by atoms with Crippen LogP contribution in [0.2, 0.25) is 5.15 Å². The maximum Gasteiger partial charge on any atom is 0.226 e. The summed E-state index contributed by atoms with van der Waals surface area (Å²) in [5, 5.41) is 8.53. The van der Waals surface area contributed by atoms with Gasteiger partial charge in [0.15, 0.2) is 5.15 Å². The zero-order valence-electron chi connectivity index (χ0n) is 15.0. The van der Waals surface area contributed by atoms with Crippen LogP contribution in [0.1, 0.15) is 6.42 Å². The topological polar surface area (TPSA) is 56.2 Å². The van der Waals surface area contributed by atoms with E-state index in [-0.39, 0.29) is 5.91 Å². The van der Waals surface area contributed by atoms with Crippen LogP contribution in [0.3, 0.4) is 0 Å². The Morgan fingerprint density at radius 3 is 2.39 bits per heavy atom. The van der Waals surface area contributed by atoms with Gasteiger partial charge in [0.25, 0.3) is 0 Å². The molecule has 0 saturated heterocycles. The number of amides is 1. The molecule has 1 N–H and O–H groups in total. The SMILES string of the molecule is O=C(CCn1nc(Cl)c2ccccc21)Nc1ccc(Oc2ccccc2)cc1. The molecule has 28 heavy (non-hydrogen) atoms. The summed E-state index contributed by atoms with van der Waals surface area (Å²) in [7, 11) is 0. The van der Waals surface area contributed by atoms with Crippen LogP contribution in [-0.4, -0.2) is 15.7 Å². The zero-order valence-corrected chi connectivity index (χ0v) is 15.8. The van der Waals surface area contributed by atoms with Crippen molar-refractivity contribution in [2.24, 2.45) is 0 Å². The third-order valence-electron chi connectivity index (χ3n) is 4.28. The Morgan fingerprint density at radius 2 is 1.61 bits per heavy atom. The van der Waals surface area contributed by atoms with Gasteiger partial charge in [0.1, 0.15) is 11.5 Å². The minimum atomic E-state index is -0.0903. The second-order valence-corrected chi connectivity index (χ2v) is 6.63. The Balaban J connectivity index is 1.34. The van der Waals surface area contributed by atoms with Gasteiger partial charge in [-0.1, -0.05) is 41.9 Å². The number of hydrogen-bond donors (Lipinski definition) is 1. The molecule has 4 aromatic rings. The van der Waals surface area contributed by atoms with Crippen molar-refractivity contribution >= 4 is 34.1 Å². The number of nitrogens with one attached hydrogen (secondary N) is 1. The van der Waals surface area contributed by atoms with E-state index < -0.39 is 0 Å². The van der Waals surface area contributed by atoms with Crippen molar-refractivity contribution in [1.82, 2.24) is 9.78 Å². The maximum absolute atomic E-state index is 12.3. The van der Waals surface area contributed by atoms with Gasteiger partial charge in [-0.15, -0.1) is 0 Å². The first-order valence-electron chi connectivity index (χ1n) is 8.93. The van der Waals surface area contributed by atoms with Crippen molar-refractivity contribution < 1.29 is 9.53 Å². The Labute approximate surface area is 167 Å². The van der Waals surface area contributed by atoms with Gasteiger partial charge in [-0.2, -0.15) is 5.10 Å². The molecule has 0 fully saturated rings. The van der Waals surface area contributed by atoms with Crippen molar-refractivity contribution in [1.29, 1.82) is 0 Å². The molecular weight excluding hydrogens is 374 g/mol. The highest BCUT2D eigenvalue weighted by Crippen LogP contribution is 2.24. The van der Waals surface area contributed by atoms with Crippen LogP contribution >= 0.6 is 11.6 Å². The van der Waals surface area contributed by atoms with E-state index in [0.717, 1.165) is 16.7 Å². The molecule has 4 rings (SSSR count). The van der Waals surface area contributed by atoms with E-state index in [2.05, 4.69) is 10.4 Å². The number of aryl methyl sites for hydroxylation is 1. The molecule has 0 aliphatic rings. The van der Waals surface area contributed by atoms with Crippen molar-refractivity contribution in [3.05, 3.63) is 84.0 Å². The first-order chi connectivity index (χ1) is 13.7. The van der Waals surface area contributed by atoms with Gasteiger partial charge in [-0.25, -0.2) is 0 Å². The van der Waals surface area contributed by atoms with Crippen molar-refractivity contribution in [3.63, 3.8) is 0 Å². The lowest BCUT2D eigenvalue weighted by molar-refractivity contribution is -0.116. The third kappa shape index (κ3) is 4.15. The van der Waals surface area contributed by atoms with Crippen LogP contribution in [0.4, 0.5) is 5.69 Å². The summed E-state index contributed by atoms with van der Waals surface area (Å²) in [6.07, 6.45) is 0.296. The lowest BCUT2D eigenvalue weighted by atomic mass is 10.2. The lowest BCUT2D eigenvalue weighted by Gasteiger charge is -2.08. The van der Waals surface area contributed by atoms with Crippen LogP contribution in [0, 0.1) is 0 Å². The zero-order chi connectivity index (χ0) is 19.3. The second-order valence-electron chi connectivity index (χ2n) is 6.27. The van der Waals surface area contributed by atoms with E-state index in [0.29, 0.717) is 29.6 Å². The summed E-state index contributed by atoms with van der Waals surface area (Å²) >= 11 is 6.15. The molecule has 140 valence electrons. The molecule has 0 unspecified atom stereocenters. The maximum atomic E-state index is 12.3. The van der Waals surface area contributed by atoms with Crippen molar-refractivity contribution in [2.45, 2.75) is 13.0 Å². The number of hydrogen-bond acceptors (Lipinski definition) is 3. The van der Waals surface area contributed by atoms with Crippen LogP contribution in [-0.2, 0) is 11.3 Å². The number of para-hydroxylation sites is 2. The van der Waals surface area contributed by atoms with Crippen molar-refractivity contribution in [3.8, 4) is 11.5 Å². The fraction of sp³-hybridized carbons (Fsp3) is 0.0909. The monoisotopic (exact) mass is 391 g/mol. The molecule has 0 radical (unpaired) electrons. The Kier molecular flexibility index (Phi) is 5.26. The van der Waals surface area contributed by atoms with E-state index >= 15 is 0 Å². The summed E-state index contributed by atoms with van der Waals surface area (Å²) in [4.78, 5) is 12.3. The van der Waals surface area contributed by atoms with Crippen LogP contribution in [0.15, 0.2) is 78.9 Å². The predicted octanol–water partition coefficient (Wildman–Crippen LogP) is 5.51. The lowest BCUT2D eigenvalue weighted by Crippen LogP contribution is -2.15. The number of aromatic nitrogens is 2. The molecular formula is C22H18ClN3O2. The number of halogens is 1. The van der Waals surface area contributed by atoms with Crippen molar-refractivity contribution in [2.75, 3.05) is 5.32 Å². The van der Waals surface area contributed by atoms with E-state index in [9.17, 15) is 4.79 Å². The molecule has 0 atom stereocenters. The number of anilines is 1. The van der Waals surface area contributed by atoms with E-state index in [1.54, 1.807) is 4.68 Å². The molecule has 0 aliphatic heterocycles. The van der Waals surface area contributed by atoms with E-state index in [4.69, 9.17) is 16.3 Å². The summed E-state index contributed by atoms with van der Waals surface area (Å²) in [6.45, 7) is 0.453. The Morgan fingerprint density at radius 1 is 0.929 bits per heavy atom. The largest absolute Gasteiger partial charge is 0.457 e. The first kappa shape index (κ1) is 18.1. The summed E-state index contributed by atoms with van der Waals surface area (Å²) < 4.78 is 7.51. The number of nitrogens with zero attached hydrogens (tertiary/aromatic N) is 2. The number of carbonyl (C=O) groups is 1. The van der Waals surface area contributed by atoms with E-state index in [1.807, 2.05) is 78.9 Å². The number of ether oxygens (including phenoxy) is 1. The average molecular weight is 392 g/mol. The number of rotatable bonds is 6. The molecule has 1 aromatic heterocycles. The molecule has 0 aliphatic carbocycles. The summed E-state index contributed by atoms with van der Waals surface area (Å²) in [5.74, 6) is 1.39. The van der Waals surface area contributed by atoms with Crippen LogP contribution < -0.4 is 10.1 Å². The van der Waals surface area contributed by atoms with Gasteiger partial charge in [0, 0.05) is 17.5 Å². The quantitative estimate of drug-likeness (QED) is 0.471. The van der Waals surface area contributed by atoms with Gasteiger partial charge < -0.3 is 10.1 Å². The summed E-state index contributed by atoms with van der Waals surface area (Å²) in [6, 6.07) is 24.5. The highest BCUT2D eigenvalue weighted by atomic mass is 35.5. The fourth-order valence-corrected chi connectivity index (χ4v) is 3.17. The Hall–Kier alpha value is -3.31. The average Bonchev–Trinajstić information content (AvgIpc) is 3.05. The van der Waals surface area contributed by atoms with E-state index in [1.165, 1.54) is 0 Å². The second kappa shape index (κ2) is 8.15. The molecule has 1 amide bonds. The third-order valence-corrected chi connectivity index (χ3v) is 4.56.